The maximum Gasteiger partial charge on any atom is 0.419 e. The fraction of sp³-hybridized carbons (Fsp3) is 0.200. The van der Waals surface area contributed by atoms with E-state index in [9.17, 15) is 22.4 Å². The third-order valence-electron chi connectivity index (χ3n) is 3.58. The second-order valence-electron chi connectivity index (χ2n) is 5.22. The summed E-state index contributed by atoms with van der Waals surface area (Å²) in [5.74, 6) is -2.15. The molecule has 9 heteroatoms. The molecule has 0 saturated heterocycles. The van der Waals surface area contributed by atoms with E-state index in [2.05, 4.69) is 10.4 Å². The number of rotatable bonds is 3. The van der Waals surface area contributed by atoms with E-state index in [1.165, 1.54) is 0 Å². The topological polar surface area (TPSA) is 51.3 Å². The van der Waals surface area contributed by atoms with Crippen LogP contribution >= 0.6 is 0 Å². The number of aromatic nitrogens is 3. The first kappa shape index (κ1) is 16.0. The highest BCUT2D eigenvalue weighted by atomic mass is 19.4. The lowest BCUT2D eigenvalue weighted by Crippen LogP contribution is -2.23. The van der Waals surface area contributed by atoms with E-state index in [1.54, 1.807) is 23.1 Å². The second kappa shape index (κ2) is 5.66. The lowest BCUT2D eigenvalue weighted by molar-refractivity contribution is -0.140. The van der Waals surface area contributed by atoms with Crippen molar-refractivity contribution in [1.82, 2.24) is 19.5 Å². The molecule has 126 valence electrons. The average molecular weight is 340 g/mol. The predicted octanol–water partition coefficient (Wildman–Crippen LogP) is 2.76. The Bertz CT molecular complexity index is 910. The Morgan fingerprint density at radius 1 is 1.29 bits per heavy atom. The molecule has 1 N–H and O–H groups in total. The summed E-state index contributed by atoms with van der Waals surface area (Å²) >= 11 is 0. The van der Waals surface area contributed by atoms with E-state index < -0.39 is 23.5 Å². The molecule has 0 unspecified atom stereocenters. The fourth-order valence-electron chi connectivity index (χ4n) is 2.41. The largest absolute Gasteiger partial charge is 0.419 e. The zero-order valence-electron chi connectivity index (χ0n) is 12.4. The van der Waals surface area contributed by atoms with Crippen LogP contribution in [0.15, 0.2) is 36.8 Å². The van der Waals surface area contributed by atoms with Gasteiger partial charge in [-0.05, 0) is 18.2 Å². The molecule has 0 aliphatic rings. The molecule has 3 rings (SSSR count). The summed E-state index contributed by atoms with van der Waals surface area (Å²) < 4.78 is 54.5. The number of hydrogen-bond acceptors (Lipinski definition) is 2. The summed E-state index contributed by atoms with van der Waals surface area (Å²) in [6, 6.07) is 2.07. The Kier molecular flexibility index (Phi) is 3.78. The number of nitrogens with zero attached hydrogens (tertiary/aromatic N) is 3. The molecule has 0 bridgehead atoms. The number of imidazole rings is 1. The molecule has 1 aromatic carbocycles. The Morgan fingerprint density at radius 3 is 2.71 bits per heavy atom. The molecule has 0 aliphatic heterocycles. The van der Waals surface area contributed by atoms with Crippen molar-refractivity contribution in [2.45, 2.75) is 12.7 Å². The van der Waals surface area contributed by atoms with Gasteiger partial charge in [0.2, 0.25) is 0 Å². The molecule has 1 amide bonds. The molecular weight excluding hydrogens is 328 g/mol. The Labute approximate surface area is 133 Å². The van der Waals surface area contributed by atoms with Gasteiger partial charge in [0.15, 0.2) is 0 Å². The molecular formula is C15H12F4N4O. The molecule has 0 atom stereocenters. The summed E-state index contributed by atoms with van der Waals surface area (Å²) in [4.78, 5) is 12.0. The van der Waals surface area contributed by atoms with Gasteiger partial charge in [-0.1, -0.05) is 0 Å². The third kappa shape index (κ3) is 2.84. The highest BCUT2D eigenvalue weighted by Crippen LogP contribution is 2.31. The molecule has 2 aromatic heterocycles. The quantitative estimate of drug-likeness (QED) is 0.746. The van der Waals surface area contributed by atoms with E-state index in [1.807, 2.05) is 11.6 Å². The van der Waals surface area contributed by atoms with Gasteiger partial charge in [0, 0.05) is 37.1 Å². The van der Waals surface area contributed by atoms with Crippen LogP contribution in [-0.2, 0) is 19.8 Å². The lowest BCUT2D eigenvalue weighted by atomic mass is 10.1. The molecule has 5 nitrogen and oxygen atoms in total. The molecule has 0 fully saturated rings. The van der Waals surface area contributed by atoms with Gasteiger partial charge < -0.3 is 9.88 Å². The summed E-state index contributed by atoms with van der Waals surface area (Å²) in [6.45, 7) is 0.114. The number of alkyl halides is 3. The number of benzene rings is 1. The summed E-state index contributed by atoms with van der Waals surface area (Å²) in [6.07, 6.45) is 0.309. The fourth-order valence-corrected chi connectivity index (χ4v) is 2.41. The van der Waals surface area contributed by atoms with E-state index in [4.69, 9.17) is 0 Å². The van der Waals surface area contributed by atoms with Crippen molar-refractivity contribution in [2.24, 2.45) is 7.05 Å². The summed E-state index contributed by atoms with van der Waals surface area (Å²) in [5.41, 5.74) is -0.0888. The number of fused-ring (bicyclic) bond motifs is 1. The van der Waals surface area contributed by atoms with E-state index in [0.29, 0.717) is 12.1 Å². The minimum Gasteiger partial charge on any atom is -0.348 e. The number of nitrogens with one attached hydrogen (secondary N) is 1. The van der Waals surface area contributed by atoms with Gasteiger partial charge in [-0.25, -0.2) is 8.91 Å². The van der Waals surface area contributed by atoms with Crippen molar-refractivity contribution in [3.05, 3.63) is 59.3 Å². The summed E-state index contributed by atoms with van der Waals surface area (Å²) in [7, 11) is 1.81. The van der Waals surface area contributed by atoms with Crippen molar-refractivity contribution in [3.8, 4) is 0 Å². The van der Waals surface area contributed by atoms with Crippen molar-refractivity contribution < 1.29 is 22.4 Å². The lowest BCUT2D eigenvalue weighted by Gasteiger charge is -2.09. The average Bonchev–Trinajstić information content (AvgIpc) is 3.07. The van der Waals surface area contributed by atoms with Crippen LogP contribution in [0, 0.1) is 5.82 Å². The molecule has 0 saturated carbocycles. The predicted molar refractivity (Wildman–Crippen MR) is 76.7 cm³/mol. The maximum atomic E-state index is 13.5. The van der Waals surface area contributed by atoms with Gasteiger partial charge in [0.25, 0.3) is 5.91 Å². The smallest absolute Gasteiger partial charge is 0.348 e. The number of hydrogen-bond donors (Lipinski definition) is 1. The standard InChI is InChI=1S/C15H12F4N4O/c1-22-4-5-23-14(22)10(8-21-23)7-20-13(24)9-2-3-11(12(16)6-9)15(17,18)19/h2-6,8H,7H2,1H3,(H,20,24). The van der Waals surface area contributed by atoms with Crippen LogP contribution < -0.4 is 5.32 Å². The molecule has 0 spiro atoms. The van der Waals surface area contributed by atoms with Gasteiger partial charge in [-0.2, -0.15) is 18.3 Å². The molecule has 0 aliphatic carbocycles. The van der Waals surface area contributed by atoms with Crippen LogP contribution in [0.3, 0.4) is 0 Å². The minimum atomic E-state index is -4.80. The van der Waals surface area contributed by atoms with Crippen molar-refractivity contribution >= 4 is 11.6 Å². The minimum absolute atomic E-state index is 0.114. The monoisotopic (exact) mass is 340 g/mol. The zero-order chi connectivity index (χ0) is 17.5. The molecule has 0 radical (unpaired) electrons. The molecule has 24 heavy (non-hydrogen) atoms. The van der Waals surface area contributed by atoms with Crippen LogP contribution in [0.1, 0.15) is 21.5 Å². The first-order valence-electron chi connectivity index (χ1n) is 6.90. The number of halogens is 4. The van der Waals surface area contributed by atoms with Gasteiger partial charge in [0.05, 0.1) is 11.8 Å². The maximum absolute atomic E-state index is 13.5. The van der Waals surface area contributed by atoms with Crippen LogP contribution in [0.5, 0.6) is 0 Å². The number of carbonyl (C=O) groups excluding carboxylic acids is 1. The first-order valence-corrected chi connectivity index (χ1v) is 6.90. The Hall–Kier alpha value is -2.84. The van der Waals surface area contributed by atoms with Gasteiger partial charge in [-0.15, -0.1) is 0 Å². The van der Waals surface area contributed by atoms with E-state index in [0.717, 1.165) is 17.3 Å². The van der Waals surface area contributed by atoms with Crippen LogP contribution in [-0.4, -0.2) is 20.1 Å². The van der Waals surface area contributed by atoms with E-state index >= 15 is 0 Å². The molecule has 3 aromatic rings. The van der Waals surface area contributed by atoms with Gasteiger partial charge in [-0.3, -0.25) is 4.79 Å². The van der Waals surface area contributed by atoms with E-state index in [-0.39, 0.29) is 12.1 Å². The number of carbonyl (C=O) groups is 1. The number of amides is 1. The van der Waals surface area contributed by atoms with Gasteiger partial charge >= 0.3 is 6.18 Å². The highest BCUT2D eigenvalue weighted by Gasteiger charge is 2.34. The molecule has 2 heterocycles. The summed E-state index contributed by atoms with van der Waals surface area (Å²) in [5, 5.41) is 6.64. The zero-order valence-corrected chi connectivity index (χ0v) is 12.4. The third-order valence-corrected chi connectivity index (χ3v) is 3.58. The van der Waals surface area contributed by atoms with Crippen molar-refractivity contribution in [3.63, 3.8) is 0 Å². The van der Waals surface area contributed by atoms with Crippen LogP contribution in [0.2, 0.25) is 0 Å². The van der Waals surface area contributed by atoms with Crippen molar-refractivity contribution in [2.75, 3.05) is 0 Å². The van der Waals surface area contributed by atoms with Gasteiger partial charge in [0.1, 0.15) is 11.5 Å². The normalized spacial score (nSPS) is 11.9. The second-order valence-corrected chi connectivity index (χ2v) is 5.22. The van der Waals surface area contributed by atoms with Crippen LogP contribution in [0.25, 0.3) is 5.65 Å². The Balaban J connectivity index is 1.76. The first-order chi connectivity index (χ1) is 11.3. The SMILES string of the molecule is Cn1ccn2ncc(CNC(=O)c3ccc(C(F)(F)F)c(F)c3)c12. The number of aryl methyl sites for hydroxylation is 1. The Morgan fingerprint density at radius 2 is 2.04 bits per heavy atom. The van der Waals surface area contributed by atoms with Crippen molar-refractivity contribution in [1.29, 1.82) is 0 Å². The van der Waals surface area contributed by atoms with Crippen LogP contribution in [0.4, 0.5) is 17.6 Å². The highest BCUT2D eigenvalue weighted by molar-refractivity contribution is 5.94.